The molecule has 1 N–H and O–H groups in total. The highest BCUT2D eigenvalue weighted by Crippen LogP contribution is 2.69. The lowest BCUT2D eigenvalue weighted by atomic mass is 9.48. The van der Waals surface area contributed by atoms with Gasteiger partial charge in [0.1, 0.15) is 6.10 Å². The predicted molar refractivity (Wildman–Crippen MR) is 102 cm³/mol. The number of benzene rings is 1. The summed E-state index contributed by atoms with van der Waals surface area (Å²) in [6, 6.07) is 14.2. The van der Waals surface area contributed by atoms with Gasteiger partial charge in [-0.25, -0.2) is 0 Å². The van der Waals surface area contributed by atoms with Crippen LogP contribution in [0.1, 0.15) is 37.4 Å². The lowest BCUT2D eigenvalue weighted by Crippen LogP contribution is -2.73. The predicted octanol–water partition coefficient (Wildman–Crippen LogP) is 3.69. The van der Waals surface area contributed by atoms with E-state index in [1.807, 2.05) is 42.1 Å². The Morgan fingerprint density at radius 2 is 1.90 bits per heavy atom. The van der Waals surface area contributed by atoms with Gasteiger partial charge in [-0.05, 0) is 18.9 Å². The van der Waals surface area contributed by atoms with E-state index in [0.29, 0.717) is 18.4 Å². The third-order valence-electron chi connectivity index (χ3n) is 7.03. The maximum Gasteiger partial charge on any atom is 0.218 e. The summed E-state index contributed by atoms with van der Waals surface area (Å²) in [5.74, 6) is -2.12. The maximum atomic E-state index is 10.4. The Morgan fingerprint density at radius 3 is 2.62 bits per heavy atom. The number of para-hydroxylation sites is 1. The second-order valence-corrected chi connectivity index (χ2v) is 8.20. The summed E-state index contributed by atoms with van der Waals surface area (Å²) >= 11 is 0. The smallest absolute Gasteiger partial charge is 0.218 e. The molecule has 2 aromatic rings. The van der Waals surface area contributed by atoms with Crippen molar-refractivity contribution in [3.8, 4) is 18.2 Å². The van der Waals surface area contributed by atoms with Gasteiger partial charge in [-0.15, -0.1) is 0 Å². The summed E-state index contributed by atoms with van der Waals surface area (Å²) in [4.78, 5) is 0. The molecule has 0 radical (unpaired) electrons. The number of rotatable bonds is 1. The third kappa shape index (κ3) is 1.81. The molecular formula is C22H19N5O2. The molecule has 1 saturated carbocycles. The van der Waals surface area contributed by atoms with Crippen LogP contribution in [0, 0.1) is 56.2 Å². The molecule has 4 fully saturated rings. The molecule has 0 unspecified atom stereocenters. The fourth-order valence-corrected chi connectivity index (χ4v) is 5.70. The monoisotopic (exact) mass is 385 g/mol. The topological polar surface area (TPSA) is 119 Å². The standard InChI is InChI=1S/C22H19N5O2/c1-27-10-15(14-6-2-3-7-16(14)27)18-21(13-25)19(26)29-22(28-18)9-5-4-8-17(22)20(21,11-23)12-24/h2-3,6-7,10,17-18,26H,4-5,8-9H2,1H3/t17-,18+,21+,22+/m0/s1. The van der Waals surface area contributed by atoms with Crippen molar-refractivity contribution in [1.29, 1.82) is 21.2 Å². The molecule has 2 bridgehead atoms. The molecule has 3 aliphatic heterocycles. The first-order chi connectivity index (χ1) is 14.0. The summed E-state index contributed by atoms with van der Waals surface area (Å²) in [5, 5.41) is 40.4. The van der Waals surface area contributed by atoms with E-state index in [9.17, 15) is 15.8 Å². The minimum Gasteiger partial charge on any atom is -0.447 e. The van der Waals surface area contributed by atoms with Gasteiger partial charge in [-0.1, -0.05) is 24.6 Å². The van der Waals surface area contributed by atoms with Gasteiger partial charge in [0.2, 0.25) is 11.7 Å². The second-order valence-electron chi connectivity index (χ2n) is 8.20. The quantitative estimate of drug-likeness (QED) is 0.803. The van der Waals surface area contributed by atoms with Crippen molar-refractivity contribution < 1.29 is 9.47 Å². The molecule has 3 saturated heterocycles. The van der Waals surface area contributed by atoms with E-state index in [0.717, 1.165) is 23.7 Å². The minimum absolute atomic E-state index is 0.328. The van der Waals surface area contributed by atoms with E-state index in [-0.39, 0.29) is 5.90 Å². The first kappa shape index (κ1) is 17.7. The first-order valence-electron chi connectivity index (χ1n) is 9.73. The second kappa shape index (κ2) is 5.60. The molecule has 1 aromatic heterocycles. The van der Waals surface area contributed by atoms with Crippen LogP contribution in [0.4, 0.5) is 0 Å². The van der Waals surface area contributed by atoms with Crippen molar-refractivity contribution >= 4 is 16.8 Å². The molecule has 4 heterocycles. The number of nitrogens with zero attached hydrogens (tertiary/aromatic N) is 4. The third-order valence-corrected chi connectivity index (χ3v) is 7.03. The molecule has 7 heteroatoms. The number of nitrogens with one attached hydrogen (secondary N) is 1. The molecule has 29 heavy (non-hydrogen) atoms. The molecule has 7 nitrogen and oxygen atoms in total. The van der Waals surface area contributed by atoms with Crippen molar-refractivity contribution in [3.63, 3.8) is 0 Å². The van der Waals surface area contributed by atoms with Crippen LogP contribution in [0.5, 0.6) is 0 Å². The highest BCUT2D eigenvalue weighted by molar-refractivity contribution is 5.91. The van der Waals surface area contributed by atoms with Gasteiger partial charge in [0, 0.05) is 36.1 Å². The normalized spacial score (nSPS) is 34.5. The van der Waals surface area contributed by atoms with Gasteiger partial charge in [0.15, 0.2) is 10.8 Å². The van der Waals surface area contributed by atoms with Gasteiger partial charge >= 0.3 is 0 Å². The molecule has 4 atom stereocenters. The number of nitriles is 3. The molecule has 0 amide bonds. The van der Waals surface area contributed by atoms with E-state index in [2.05, 4.69) is 18.2 Å². The first-order valence-corrected chi connectivity index (χ1v) is 9.73. The highest BCUT2D eigenvalue weighted by Gasteiger charge is 2.80. The zero-order valence-electron chi connectivity index (χ0n) is 16.0. The molecule has 1 spiro atoms. The lowest BCUT2D eigenvalue weighted by Gasteiger charge is -2.63. The summed E-state index contributed by atoms with van der Waals surface area (Å²) < 4.78 is 14.4. The maximum absolute atomic E-state index is 10.4. The molecule has 1 aromatic carbocycles. The van der Waals surface area contributed by atoms with Gasteiger partial charge < -0.3 is 14.0 Å². The van der Waals surface area contributed by atoms with Gasteiger partial charge in [-0.3, -0.25) is 5.41 Å². The summed E-state index contributed by atoms with van der Waals surface area (Å²) in [6.45, 7) is 0. The van der Waals surface area contributed by atoms with Gasteiger partial charge in [0.05, 0.1) is 24.1 Å². The SMILES string of the molecule is Cn1cc([C@H]2O[C@@]34CCCC[C@H]3C(C#N)(C#N)[C@@]2(C#N)C(=N)O4)c2ccccc21. The van der Waals surface area contributed by atoms with Crippen molar-refractivity contribution in [2.24, 2.45) is 23.8 Å². The van der Waals surface area contributed by atoms with E-state index in [4.69, 9.17) is 14.9 Å². The van der Waals surface area contributed by atoms with Crippen molar-refractivity contribution in [1.82, 2.24) is 4.57 Å². The van der Waals surface area contributed by atoms with Gasteiger partial charge in [0.25, 0.3) is 0 Å². The Kier molecular flexibility index (Phi) is 3.42. The minimum atomic E-state index is -1.83. The van der Waals surface area contributed by atoms with Crippen LogP contribution in [0.15, 0.2) is 30.5 Å². The molecule has 144 valence electrons. The Hall–Kier alpha value is -3.34. The Bertz CT molecular complexity index is 1160. The van der Waals surface area contributed by atoms with E-state index in [1.165, 1.54) is 0 Å². The average molecular weight is 385 g/mol. The van der Waals surface area contributed by atoms with E-state index in [1.54, 1.807) is 0 Å². The van der Waals surface area contributed by atoms with Crippen molar-refractivity contribution in [2.45, 2.75) is 37.6 Å². The van der Waals surface area contributed by atoms with E-state index >= 15 is 0 Å². The fraction of sp³-hybridized carbons (Fsp3) is 0.455. The number of fused-ring (bicyclic) bond motifs is 3. The lowest BCUT2D eigenvalue weighted by molar-refractivity contribution is -0.360. The fourth-order valence-electron chi connectivity index (χ4n) is 5.70. The zero-order chi connectivity index (χ0) is 20.4. The Labute approximate surface area is 168 Å². The summed E-state index contributed by atoms with van der Waals surface area (Å²) in [5.41, 5.74) is -1.89. The van der Waals surface area contributed by atoms with Crippen LogP contribution >= 0.6 is 0 Å². The molecule has 1 aliphatic carbocycles. The number of hydrogen-bond acceptors (Lipinski definition) is 6. The average Bonchev–Trinajstić information content (AvgIpc) is 3.08. The summed E-state index contributed by atoms with van der Waals surface area (Å²) in [6.07, 6.45) is 3.63. The number of aromatic nitrogens is 1. The largest absolute Gasteiger partial charge is 0.447 e. The van der Waals surface area contributed by atoms with Crippen molar-refractivity contribution in [2.75, 3.05) is 0 Å². The van der Waals surface area contributed by atoms with E-state index < -0.39 is 28.6 Å². The van der Waals surface area contributed by atoms with Gasteiger partial charge in [-0.2, -0.15) is 15.8 Å². The number of aryl methyl sites for hydroxylation is 1. The molecular weight excluding hydrogens is 366 g/mol. The molecule has 6 rings (SSSR count). The molecule has 4 aliphatic rings. The Morgan fingerprint density at radius 1 is 1.14 bits per heavy atom. The van der Waals surface area contributed by atoms with Crippen LogP contribution in [-0.4, -0.2) is 16.3 Å². The number of ether oxygens (including phenoxy) is 2. The van der Waals surface area contributed by atoms with Crippen molar-refractivity contribution in [3.05, 3.63) is 36.0 Å². The van der Waals surface area contributed by atoms with Crippen LogP contribution in [0.25, 0.3) is 10.9 Å². The van der Waals surface area contributed by atoms with Crippen LogP contribution in [0.3, 0.4) is 0 Å². The number of hydrogen-bond donors (Lipinski definition) is 1. The zero-order valence-corrected chi connectivity index (χ0v) is 16.0. The summed E-state index contributed by atoms with van der Waals surface area (Å²) in [7, 11) is 1.90. The van der Waals surface area contributed by atoms with Crippen LogP contribution in [0.2, 0.25) is 0 Å². The Balaban J connectivity index is 1.84. The van der Waals surface area contributed by atoms with Crippen LogP contribution in [-0.2, 0) is 16.5 Å². The van der Waals surface area contributed by atoms with Crippen LogP contribution < -0.4 is 0 Å². The highest BCUT2D eigenvalue weighted by atomic mass is 16.7.